The van der Waals surface area contributed by atoms with Crippen LogP contribution in [0.3, 0.4) is 0 Å². The molecule has 0 amide bonds. The molecule has 0 saturated carbocycles. The average molecular weight is 230 g/mol. The zero-order valence-electron chi connectivity index (χ0n) is 10.3. The molecule has 0 spiro atoms. The third-order valence-corrected chi connectivity index (χ3v) is 2.66. The standard InChI is InChI=1S/C13H18N4/c1-3-17-13(7-8-15-17)10-14-9-12-6-4-5-11(2)16-12/h4-8,14H,3,9-10H2,1-2H3. The van der Waals surface area contributed by atoms with E-state index in [4.69, 9.17) is 0 Å². The Morgan fingerprint density at radius 3 is 2.88 bits per heavy atom. The molecular formula is C13H18N4. The lowest BCUT2D eigenvalue weighted by Gasteiger charge is -2.06. The van der Waals surface area contributed by atoms with Gasteiger partial charge in [-0.15, -0.1) is 0 Å². The summed E-state index contributed by atoms with van der Waals surface area (Å²) in [6, 6.07) is 8.13. The van der Waals surface area contributed by atoms with E-state index in [9.17, 15) is 0 Å². The second-order valence-electron chi connectivity index (χ2n) is 4.01. The molecule has 2 aromatic heterocycles. The summed E-state index contributed by atoms with van der Waals surface area (Å²) in [5.41, 5.74) is 3.34. The van der Waals surface area contributed by atoms with Gasteiger partial charge in [-0.1, -0.05) is 6.07 Å². The van der Waals surface area contributed by atoms with Gasteiger partial charge < -0.3 is 5.32 Å². The van der Waals surface area contributed by atoms with E-state index in [-0.39, 0.29) is 0 Å². The Kier molecular flexibility index (Phi) is 3.88. The number of nitrogens with zero attached hydrogens (tertiary/aromatic N) is 3. The van der Waals surface area contributed by atoms with Crippen molar-refractivity contribution in [3.05, 3.63) is 47.5 Å². The molecule has 0 aliphatic carbocycles. The molecule has 4 nitrogen and oxygen atoms in total. The molecule has 0 unspecified atom stereocenters. The molecule has 0 atom stereocenters. The third-order valence-electron chi connectivity index (χ3n) is 2.66. The smallest absolute Gasteiger partial charge is 0.0544 e. The van der Waals surface area contributed by atoms with Crippen LogP contribution in [0.25, 0.3) is 0 Å². The van der Waals surface area contributed by atoms with Crippen molar-refractivity contribution in [2.45, 2.75) is 33.5 Å². The first kappa shape index (κ1) is 11.8. The highest BCUT2D eigenvalue weighted by atomic mass is 15.3. The molecule has 0 bridgehead atoms. The van der Waals surface area contributed by atoms with Crippen LogP contribution in [-0.2, 0) is 19.6 Å². The van der Waals surface area contributed by atoms with Gasteiger partial charge in [-0.3, -0.25) is 9.67 Å². The first-order chi connectivity index (χ1) is 8.29. The van der Waals surface area contributed by atoms with Gasteiger partial charge in [0, 0.05) is 31.5 Å². The van der Waals surface area contributed by atoms with Crippen molar-refractivity contribution >= 4 is 0 Å². The van der Waals surface area contributed by atoms with E-state index < -0.39 is 0 Å². The van der Waals surface area contributed by atoms with Crippen molar-refractivity contribution in [3.63, 3.8) is 0 Å². The quantitative estimate of drug-likeness (QED) is 0.853. The summed E-state index contributed by atoms with van der Waals surface area (Å²) in [5, 5.41) is 7.62. The minimum Gasteiger partial charge on any atom is -0.306 e. The van der Waals surface area contributed by atoms with E-state index in [1.54, 1.807) is 0 Å². The normalized spacial score (nSPS) is 10.7. The van der Waals surface area contributed by atoms with Crippen LogP contribution in [0.5, 0.6) is 0 Å². The number of hydrogen-bond donors (Lipinski definition) is 1. The van der Waals surface area contributed by atoms with Crippen LogP contribution in [0.2, 0.25) is 0 Å². The van der Waals surface area contributed by atoms with Gasteiger partial charge in [-0.2, -0.15) is 5.10 Å². The minimum atomic E-state index is 0.788. The first-order valence-corrected chi connectivity index (χ1v) is 5.93. The Balaban J connectivity index is 1.87. The molecule has 90 valence electrons. The molecule has 0 radical (unpaired) electrons. The average Bonchev–Trinajstić information content (AvgIpc) is 2.77. The summed E-state index contributed by atoms with van der Waals surface area (Å²) >= 11 is 0. The molecular weight excluding hydrogens is 212 g/mol. The van der Waals surface area contributed by atoms with Crippen molar-refractivity contribution in [2.75, 3.05) is 0 Å². The predicted octanol–water partition coefficient (Wildman–Crippen LogP) is 1.90. The molecule has 0 saturated heterocycles. The monoisotopic (exact) mass is 230 g/mol. The number of hydrogen-bond acceptors (Lipinski definition) is 3. The number of rotatable bonds is 5. The lowest BCUT2D eigenvalue weighted by Crippen LogP contribution is -2.16. The van der Waals surface area contributed by atoms with Crippen molar-refractivity contribution in [3.8, 4) is 0 Å². The lowest BCUT2D eigenvalue weighted by atomic mass is 10.3. The summed E-state index contributed by atoms with van der Waals surface area (Å²) in [5.74, 6) is 0. The van der Waals surface area contributed by atoms with Gasteiger partial charge >= 0.3 is 0 Å². The van der Waals surface area contributed by atoms with Gasteiger partial charge in [0.15, 0.2) is 0 Å². The zero-order valence-corrected chi connectivity index (χ0v) is 10.3. The molecule has 0 fully saturated rings. The maximum atomic E-state index is 4.45. The summed E-state index contributed by atoms with van der Waals surface area (Å²) in [7, 11) is 0. The van der Waals surface area contributed by atoms with Crippen molar-refractivity contribution in [2.24, 2.45) is 0 Å². The van der Waals surface area contributed by atoms with Crippen LogP contribution < -0.4 is 5.32 Å². The van der Waals surface area contributed by atoms with Crippen LogP contribution >= 0.6 is 0 Å². The Morgan fingerprint density at radius 1 is 1.24 bits per heavy atom. The van der Waals surface area contributed by atoms with E-state index in [2.05, 4.69) is 22.3 Å². The molecule has 17 heavy (non-hydrogen) atoms. The number of aryl methyl sites for hydroxylation is 2. The van der Waals surface area contributed by atoms with Gasteiger partial charge in [-0.25, -0.2) is 0 Å². The first-order valence-electron chi connectivity index (χ1n) is 5.93. The molecule has 4 heteroatoms. The van der Waals surface area contributed by atoms with E-state index in [0.29, 0.717) is 0 Å². The third kappa shape index (κ3) is 3.14. The fourth-order valence-electron chi connectivity index (χ4n) is 1.81. The molecule has 0 aliphatic rings. The molecule has 2 rings (SSSR count). The minimum absolute atomic E-state index is 0.788. The number of aromatic nitrogens is 3. The summed E-state index contributed by atoms with van der Waals surface area (Å²) in [6.07, 6.45) is 1.84. The second-order valence-corrected chi connectivity index (χ2v) is 4.01. The van der Waals surface area contributed by atoms with E-state index in [1.165, 1.54) is 5.69 Å². The van der Waals surface area contributed by atoms with Crippen molar-refractivity contribution < 1.29 is 0 Å². The predicted molar refractivity (Wildman–Crippen MR) is 67.4 cm³/mol. The Labute approximate surface area is 102 Å². The summed E-state index contributed by atoms with van der Waals surface area (Å²) < 4.78 is 2.00. The van der Waals surface area contributed by atoms with Crippen LogP contribution in [0.4, 0.5) is 0 Å². The fourth-order valence-corrected chi connectivity index (χ4v) is 1.81. The van der Waals surface area contributed by atoms with Crippen molar-refractivity contribution in [1.82, 2.24) is 20.1 Å². The van der Waals surface area contributed by atoms with Gasteiger partial charge in [0.25, 0.3) is 0 Å². The number of pyridine rings is 1. The van der Waals surface area contributed by atoms with Crippen LogP contribution in [0, 0.1) is 6.92 Å². The highest BCUT2D eigenvalue weighted by Crippen LogP contribution is 2.00. The van der Waals surface area contributed by atoms with E-state index in [1.807, 2.05) is 42.1 Å². The summed E-state index contributed by atoms with van der Waals surface area (Å²) in [6.45, 7) is 6.63. The topological polar surface area (TPSA) is 42.7 Å². The molecule has 1 N–H and O–H groups in total. The largest absolute Gasteiger partial charge is 0.306 e. The maximum absolute atomic E-state index is 4.45. The van der Waals surface area contributed by atoms with Crippen LogP contribution in [0.1, 0.15) is 24.0 Å². The molecule has 0 aliphatic heterocycles. The van der Waals surface area contributed by atoms with E-state index in [0.717, 1.165) is 31.0 Å². The van der Waals surface area contributed by atoms with Gasteiger partial charge in [0.2, 0.25) is 0 Å². The fraction of sp³-hybridized carbons (Fsp3) is 0.385. The second kappa shape index (κ2) is 5.59. The van der Waals surface area contributed by atoms with Gasteiger partial charge in [-0.05, 0) is 32.0 Å². The Morgan fingerprint density at radius 2 is 2.12 bits per heavy atom. The maximum Gasteiger partial charge on any atom is 0.0544 e. The van der Waals surface area contributed by atoms with Crippen LogP contribution in [-0.4, -0.2) is 14.8 Å². The highest BCUT2D eigenvalue weighted by Gasteiger charge is 2.00. The molecule has 0 aromatic carbocycles. The van der Waals surface area contributed by atoms with E-state index >= 15 is 0 Å². The SMILES string of the molecule is CCn1nccc1CNCc1cccc(C)n1. The van der Waals surface area contributed by atoms with Crippen LogP contribution in [0.15, 0.2) is 30.5 Å². The number of nitrogens with one attached hydrogen (secondary N) is 1. The zero-order chi connectivity index (χ0) is 12.1. The summed E-state index contributed by atoms with van der Waals surface area (Å²) in [4.78, 5) is 4.45. The Hall–Kier alpha value is -1.68. The lowest BCUT2D eigenvalue weighted by molar-refractivity contribution is 0.578. The van der Waals surface area contributed by atoms with Crippen molar-refractivity contribution in [1.29, 1.82) is 0 Å². The molecule has 2 heterocycles. The Bertz CT molecular complexity index is 476. The highest BCUT2D eigenvalue weighted by molar-refractivity contribution is 5.10. The van der Waals surface area contributed by atoms with Gasteiger partial charge in [0.1, 0.15) is 0 Å². The van der Waals surface area contributed by atoms with Gasteiger partial charge in [0.05, 0.1) is 11.4 Å². The molecule has 2 aromatic rings.